The fourth-order valence-electron chi connectivity index (χ4n) is 2.43. The summed E-state index contributed by atoms with van der Waals surface area (Å²) in [4.78, 5) is 2.58. The topological polar surface area (TPSA) is 15.3 Å². The van der Waals surface area contributed by atoms with E-state index in [-0.39, 0.29) is 0 Å². The van der Waals surface area contributed by atoms with Gasteiger partial charge in [-0.25, -0.2) is 0 Å². The van der Waals surface area contributed by atoms with E-state index in [0.717, 1.165) is 12.6 Å². The third-order valence-electron chi connectivity index (χ3n) is 3.74. The van der Waals surface area contributed by atoms with Crippen molar-refractivity contribution in [3.05, 3.63) is 0 Å². The molecule has 0 aliphatic heterocycles. The molecule has 1 fully saturated rings. The predicted octanol–water partition coefficient (Wildman–Crippen LogP) is 2.64. The van der Waals surface area contributed by atoms with Crippen molar-refractivity contribution in [3.63, 3.8) is 0 Å². The Kier molecular flexibility index (Phi) is 6.26. The maximum absolute atomic E-state index is 3.55. The molecule has 0 aromatic rings. The summed E-state index contributed by atoms with van der Waals surface area (Å²) in [5, 5.41) is 3.55. The third-order valence-corrected chi connectivity index (χ3v) is 3.74. The first-order valence-electron chi connectivity index (χ1n) is 6.68. The first-order chi connectivity index (χ1) is 7.25. The molecule has 0 amide bonds. The summed E-state index contributed by atoms with van der Waals surface area (Å²) in [6.07, 6.45) is 8.29. The Morgan fingerprint density at radius 3 is 2.60 bits per heavy atom. The Morgan fingerprint density at radius 2 is 2.00 bits per heavy atom. The van der Waals surface area contributed by atoms with Crippen molar-refractivity contribution < 1.29 is 0 Å². The molecule has 1 aliphatic carbocycles. The van der Waals surface area contributed by atoms with Gasteiger partial charge in [0.2, 0.25) is 0 Å². The molecule has 1 saturated carbocycles. The fraction of sp³-hybridized carbons (Fsp3) is 1.00. The standard InChI is InChI=1S/C13H28N2/c1-4-5-10-14-11-12(2)15(3)13-8-6-7-9-13/h12-14H,4-11H2,1-3H3. The Bertz CT molecular complexity index is 153. The van der Waals surface area contributed by atoms with Crippen LogP contribution in [0.4, 0.5) is 0 Å². The second kappa shape index (κ2) is 7.24. The molecule has 0 aromatic heterocycles. The first-order valence-corrected chi connectivity index (χ1v) is 6.68. The van der Waals surface area contributed by atoms with Gasteiger partial charge in [0.25, 0.3) is 0 Å². The van der Waals surface area contributed by atoms with Crippen molar-refractivity contribution in [1.82, 2.24) is 10.2 Å². The van der Waals surface area contributed by atoms with Crippen molar-refractivity contribution in [1.29, 1.82) is 0 Å². The SMILES string of the molecule is CCCCNCC(C)N(C)C1CCCC1. The predicted molar refractivity (Wildman–Crippen MR) is 67.3 cm³/mol. The lowest BCUT2D eigenvalue weighted by molar-refractivity contribution is 0.183. The summed E-state index contributed by atoms with van der Waals surface area (Å²) in [7, 11) is 2.29. The van der Waals surface area contributed by atoms with Gasteiger partial charge in [0.05, 0.1) is 0 Å². The van der Waals surface area contributed by atoms with Gasteiger partial charge in [-0.3, -0.25) is 4.90 Å². The Labute approximate surface area is 95.4 Å². The summed E-state index contributed by atoms with van der Waals surface area (Å²) in [5.41, 5.74) is 0. The maximum Gasteiger partial charge on any atom is 0.0192 e. The number of hydrogen-bond acceptors (Lipinski definition) is 2. The van der Waals surface area contributed by atoms with E-state index in [1.165, 1.54) is 45.1 Å². The molecular weight excluding hydrogens is 184 g/mol. The van der Waals surface area contributed by atoms with Gasteiger partial charge in [-0.15, -0.1) is 0 Å². The van der Waals surface area contributed by atoms with Gasteiger partial charge in [-0.05, 0) is 39.8 Å². The maximum atomic E-state index is 3.55. The second-order valence-corrected chi connectivity index (χ2v) is 5.01. The van der Waals surface area contributed by atoms with Gasteiger partial charge in [0.15, 0.2) is 0 Å². The van der Waals surface area contributed by atoms with Crippen molar-refractivity contribution in [2.24, 2.45) is 0 Å². The molecule has 1 aliphatic rings. The van der Waals surface area contributed by atoms with Crippen LogP contribution in [0.15, 0.2) is 0 Å². The van der Waals surface area contributed by atoms with Gasteiger partial charge in [0.1, 0.15) is 0 Å². The summed E-state index contributed by atoms with van der Waals surface area (Å²) in [5.74, 6) is 0. The van der Waals surface area contributed by atoms with Crippen LogP contribution in [-0.2, 0) is 0 Å². The highest BCUT2D eigenvalue weighted by atomic mass is 15.2. The zero-order valence-electron chi connectivity index (χ0n) is 10.8. The average molecular weight is 212 g/mol. The van der Waals surface area contributed by atoms with Crippen molar-refractivity contribution in [3.8, 4) is 0 Å². The fourth-order valence-corrected chi connectivity index (χ4v) is 2.43. The van der Waals surface area contributed by atoms with E-state index >= 15 is 0 Å². The lowest BCUT2D eigenvalue weighted by Gasteiger charge is -2.30. The number of unbranched alkanes of at least 4 members (excludes halogenated alkanes) is 1. The first kappa shape index (κ1) is 13.0. The molecule has 0 saturated heterocycles. The minimum Gasteiger partial charge on any atom is -0.315 e. The minimum atomic E-state index is 0.685. The van der Waals surface area contributed by atoms with E-state index in [1.54, 1.807) is 0 Å². The molecule has 0 radical (unpaired) electrons. The lowest BCUT2D eigenvalue weighted by Crippen LogP contribution is -2.43. The van der Waals surface area contributed by atoms with E-state index in [0.29, 0.717) is 6.04 Å². The summed E-state index contributed by atoms with van der Waals surface area (Å²) in [6.45, 7) is 6.92. The molecule has 0 heterocycles. The number of nitrogens with one attached hydrogen (secondary N) is 1. The van der Waals surface area contributed by atoms with Gasteiger partial charge in [-0.2, -0.15) is 0 Å². The number of likely N-dealkylation sites (N-methyl/N-ethyl adjacent to an activating group) is 1. The molecule has 90 valence electrons. The highest BCUT2D eigenvalue weighted by molar-refractivity contribution is 4.79. The smallest absolute Gasteiger partial charge is 0.0192 e. The number of nitrogens with zero attached hydrogens (tertiary/aromatic N) is 1. The average Bonchev–Trinajstić information content (AvgIpc) is 2.76. The molecule has 15 heavy (non-hydrogen) atoms. The normalized spacial score (nSPS) is 20.0. The molecule has 1 rings (SSSR count). The molecule has 1 unspecified atom stereocenters. The summed E-state index contributed by atoms with van der Waals surface area (Å²) >= 11 is 0. The monoisotopic (exact) mass is 212 g/mol. The Balaban J connectivity index is 2.11. The molecule has 0 aromatic carbocycles. The van der Waals surface area contributed by atoms with Crippen LogP contribution >= 0.6 is 0 Å². The van der Waals surface area contributed by atoms with Gasteiger partial charge < -0.3 is 5.32 Å². The van der Waals surface area contributed by atoms with Crippen LogP contribution in [0, 0.1) is 0 Å². The molecule has 1 atom stereocenters. The molecule has 0 spiro atoms. The molecule has 0 bridgehead atoms. The zero-order chi connectivity index (χ0) is 11.1. The third kappa shape index (κ3) is 4.52. The number of hydrogen-bond donors (Lipinski definition) is 1. The highest BCUT2D eigenvalue weighted by Gasteiger charge is 2.22. The molecule has 1 N–H and O–H groups in total. The summed E-state index contributed by atoms with van der Waals surface area (Å²) < 4.78 is 0. The largest absolute Gasteiger partial charge is 0.315 e. The van der Waals surface area contributed by atoms with E-state index in [9.17, 15) is 0 Å². The van der Waals surface area contributed by atoms with Gasteiger partial charge in [-0.1, -0.05) is 26.2 Å². The number of rotatable bonds is 7. The van der Waals surface area contributed by atoms with Gasteiger partial charge in [0, 0.05) is 18.6 Å². The zero-order valence-corrected chi connectivity index (χ0v) is 10.8. The van der Waals surface area contributed by atoms with Crippen LogP contribution in [0.3, 0.4) is 0 Å². The second-order valence-electron chi connectivity index (χ2n) is 5.01. The molecule has 2 heteroatoms. The van der Waals surface area contributed by atoms with Crippen LogP contribution in [0.2, 0.25) is 0 Å². The van der Waals surface area contributed by atoms with Crippen molar-refractivity contribution in [2.75, 3.05) is 20.1 Å². The van der Waals surface area contributed by atoms with Crippen LogP contribution < -0.4 is 5.32 Å². The van der Waals surface area contributed by atoms with Crippen molar-refractivity contribution in [2.45, 2.75) is 64.5 Å². The van der Waals surface area contributed by atoms with Crippen LogP contribution in [0.5, 0.6) is 0 Å². The Morgan fingerprint density at radius 1 is 1.33 bits per heavy atom. The molecule has 2 nitrogen and oxygen atoms in total. The quantitative estimate of drug-likeness (QED) is 0.653. The van der Waals surface area contributed by atoms with Crippen molar-refractivity contribution >= 4 is 0 Å². The minimum absolute atomic E-state index is 0.685. The summed E-state index contributed by atoms with van der Waals surface area (Å²) in [6, 6.07) is 1.54. The van der Waals surface area contributed by atoms with E-state index in [2.05, 4.69) is 31.1 Å². The van der Waals surface area contributed by atoms with Crippen LogP contribution in [0.1, 0.15) is 52.4 Å². The lowest BCUT2D eigenvalue weighted by atomic mass is 10.1. The van der Waals surface area contributed by atoms with E-state index in [4.69, 9.17) is 0 Å². The molecular formula is C13H28N2. The van der Waals surface area contributed by atoms with E-state index in [1.807, 2.05) is 0 Å². The van der Waals surface area contributed by atoms with Gasteiger partial charge >= 0.3 is 0 Å². The van der Waals surface area contributed by atoms with Crippen LogP contribution in [0.25, 0.3) is 0 Å². The Hall–Kier alpha value is -0.0800. The van der Waals surface area contributed by atoms with E-state index < -0.39 is 0 Å². The highest BCUT2D eigenvalue weighted by Crippen LogP contribution is 2.23. The van der Waals surface area contributed by atoms with Crippen LogP contribution in [-0.4, -0.2) is 37.1 Å².